The largest absolute Gasteiger partial charge is 0.387 e. The molecule has 1 aromatic rings. The van der Waals surface area contributed by atoms with Gasteiger partial charge in [-0.05, 0) is 30.5 Å². The molecule has 1 unspecified atom stereocenters. The molecule has 68 valence electrons. The molecule has 0 saturated carbocycles. The Morgan fingerprint density at radius 1 is 1.46 bits per heavy atom. The monoisotopic (exact) mass is 174 g/mol. The highest BCUT2D eigenvalue weighted by molar-refractivity contribution is 5.34. The topological polar surface area (TPSA) is 20.2 Å². The molecule has 1 rings (SSSR count). The van der Waals surface area contributed by atoms with Gasteiger partial charge in [0, 0.05) is 6.42 Å². The van der Waals surface area contributed by atoms with E-state index in [4.69, 9.17) is 6.42 Å². The third-order valence-corrected chi connectivity index (χ3v) is 2.32. The lowest BCUT2D eigenvalue weighted by Gasteiger charge is -2.12. The first-order valence-corrected chi connectivity index (χ1v) is 4.34. The van der Waals surface area contributed by atoms with Crippen molar-refractivity contribution in [2.45, 2.75) is 26.4 Å². The fourth-order valence-corrected chi connectivity index (χ4v) is 1.36. The van der Waals surface area contributed by atoms with E-state index in [9.17, 15) is 5.11 Å². The summed E-state index contributed by atoms with van der Waals surface area (Å²) < 4.78 is 0. The molecule has 0 aliphatic rings. The van der Waals surface area contributed by atoms with Gasteiger partial charge in [0.05, 0.1) is 6.10 Å². The Labute approximate surface area is 79.4 Å². The fraction of sp³-hybridized carbons (Fsp3) is 0.333. The van der Waals surface area contributed by atoms with Gasteiger partial charge >= 0.3 is 0 Å². The van der Waals surface area contributed by atoms with Crippen molar-refractivity contribution in [2.75, 3.05) is 0 Å². The molecule has 1 N–H and O–H groups in total. The molecule has 0 spiro atoms. The Morgan fingerprint density at radius 3 is 2.77 bits per heavy atom. The molecule has 0 fully saturated rings. The van der Waals surface area contributed by atoms with Crippen LogP contribution in [0, 0.1) is 26.2 Å². The van der Waals surface area contributed by atoms with Gasteiger partial charge in [0.25, 0.3) is 0 Å². The number of aliphatic hydroxyl groups is 1. The molecule has 0 saturated heterocycles. The first kappa shape index (κ1) is 9.83. The summed E-state index contributed by atoms with van der Waals surface area (Å²) in [5.41, 5.74) is 3.26. The van der Waals surface area contributed by atoms with Gasteiger partial charge in [-0.2, -0.15) is 0 Å². The zero-order valence-electron chi connectivity index (χ0n) is 8.04. The standard InChI is InChI=1S/C12H14O/c1-4-6-12(13)11-8-5-7-9(2)10(11)3/h1,5,7-8,12-13H,6H2,2-3H3. The summed E-state index contributed by atoms with van der Waals surface area (Å²) in [6.45, 7) is 4.03. The number of aliphatic hydroxyl groups excluding tert-OH is 1. The number of aryl methyl sites for hydroxylation is 1. The van der Waals surface area contributed by atoms with E-state index in [2.05, 4.69) is 5.92 Å². The van der Waals surface area contributed by atoms with Crippen LogP contribution in [-0.2, 0) is 0 Å². The first-order chi connectivity index (χ1) is 6.16. The van der Waals surface area contributed by atoms with Gasteiger partial charge in [-0.25, -0.2) is 0 Å². The average Bonchev–Trinajstić information content (AvgIpc) is 2.10. The molecular formula is C12H14O. The van der Waals surface area contributed by atoms with E-state index in [-0.39, 0.29) is 0 Å². The van der Waals surface area contributed by atoms with Crippen LogP contribution < -0.4 is 0 Å². The summed E-state index contributed by atoms with van der Waals surface area (Å²) in [5, 5.41) is 9.68. The molecule has 0 amide bonds. The van der Waals surface area contributed by atoms with Crippen molar-refractivity contribution in [2.24, 2.45) is 0 Å². The molecule has 0 bridgehead atoms. The molecule has 1 aromatic carbocycles. The van der Waals surface area contributed by atoms with Crippen LogP contribution in [0.5, 0.6) is 0 Å². The van der Waals surface area contributed by atoms with E-state index in [1.165, 1.54) is 5.56 Å². The molecule has 1 nitrogen and oxygen atoms in total. The van der Waals surface area contributed by atoms with Gasteiger partial charge in [-0.15, -0.1) is 12.3 Å². The summed E-state index contributed by atoms with van der Waals surface area (Å²) in [5.74, 6) is 2.46. The number of benzene rings is 1. The Bertz CT molecular complexity index is 333. The Balaban J connectivity index is 3.02. The first-order valence-electron chi connectivity index (χ1n) is 4.34. The molecule has 13 heavy (non-hydrogen) atoms. The van der Waals surface area contributed by atoms with Crippen LogP contribution in [0.1, 0.15) is 29.2 Å². The quantitative estimate of drug-likeness (QED) is 0.682. The van der Waals surface area contributed by atoms with Gasteiger partial charge in [0.2, 0.25) is 0 Å². The molecule has 1 atom stereocenters. The minimum Gasteiger partial charge on any atom is -0.387 e. The second-order valence-electron chi connectivity index (χ2n) is 3.21. The normalized spacial score (nSPS) is 12.2. The van der Waals surface area contributed by atoms with E-state index >= 15 is 0 Å². The van der Waals surface area contributed by atoms with Crippen molar-refractivity contribution in [3.8, 4) is 12.3 Å². The van der Waals surface area contributed by atoms with Crippen molar-refractivity contribution < 1.29 is 5.11 Å². The van der Waals surface area contributed by atoms with Gasteiger partial charge in [0.1, 0.15) is 0 Å². The van der Waals surface area contributed by atoms with Gasteiger partial charge < -0.3 is 5.11 Å². The fourth-order valence-electron chi connectivity index (χ4n) is 1.36. The SMILES string of the molecule is C#CCC(O)c1cccc(C)c1C. The average molecular weight is 174 g/mol. The maximum absolute atomic E-state index is 9.68. The zero-order chi connectivity index (χ0) is 9.84. The third-order valence-electron chi connectivity index (χ3n) is 2.32. The minimum absolute atomic E-state index is 0.379. The predicted octanol–water partition coefficient (Wildman–Crippen LogP) is 2.36. The Hall–Kier alpha value is -1.26. The molecule has 1 heteroatoms. The lowest BCUT2D eigenvalue weighted by atomic mass is 9.98. The number of hydrogen-bond donors (Lipinski definition) is 1. The van der Waals surface area contributed by atoms with Crippen LogP contribution in [0.25, 0.3) is 0 Å². The van der Waals surface area contributed by atoms with Gasteiger partial charge in [0.15, 0.2) is 0 Å². The van der Waals surface area contributed by atoms with E-state index in [0.717, 1.165) is 11.1 Å². The maximum Gasteiger partial charge on any atom is 0.0901 e. The van der Waals surface area contributed by atoms with Crippen LogP contribution in [0.2, 0.25) is 0 Å². The molecule has 0 radical (unpaired) electrons. The molecule has 0 heterocycles. The molecule has 0 aliphatic heterocycles. The zero-order valence-corrected chi connectivity index (χ0v) is 8.04. The van der Waals surface area contributed by atoms with Crippen molar-refractivity contribution in [1.29, 1.82) is 0 Å². The molecule has 0 aliphatic carbocycles. The second-order valence-corrected chi connectivity index (χ2v) is 3.21. The summed E-state index contributed by atoms with van der Waals surface area (Å²) in [7, 11) is 0. The van der Waals surface area contributed by atoms with Crippen molar-refractivity contribution in [1.82, 2.24) is 0 Å². The summed E-state index contributed by atoms with van der Waals surface area (Å²) in [6, 6.07) is 5.89. The Morgan fingerprint density at radius 2 is 2.15 bits per heavy atom. The maximum atomic E-state index is 9.68. The third kappa shape index (κ3) is 2.11. The summed E-state index contributed by atoms with van der Waals surface area (Å²) >= 11 is 0. The lowest BCUT2D eigenvalue weighted by molar-refractivity contribution is 0.183. The predicted molar refractivity (Wildman–Crippen MR) is 54.3 cm³/mol. The van der Waals surface area contributed by atoms with Crippen molar-refractivity contribution >= 4 is 0 Å². The minimum atomic E-state index is -0.523. The Kier molecular flexibility index (Phi) is 3.11. The lowest BCUT2D eigenvalue weighted by Crippen LogP contribution is -1.99. The van der Waals surface area contributed by atoms with Crippen LogP contribution in [-0.4, -0.2) is 5.11 Å². The summed E-state index contributed by atoms with van der Waals surface area (Å²) in [6.07, 6.45) is 5.00. The van der Waals surface area contributed by atoms with Crippen molar-refractivity contribution in [3.05, 3.63) is 34.9 Å². The van der Waals surface area contributed by atoms with Crippen LogP contribution in [0.15, 0.2) is 18.2 Å². The molecule has 0 aromatic heterocycles. The van der Waals surface area contributed by atoms with Crippen molar-refractivity contribution in [3.63, 3.8) is 0 Å². The van der Waals surface area contributed by atoms with E-state index in [1.807, 2.05) is 32.0 Å². The highest BCUT2D eigenvalue weighted by Gasteiger charge is 2.09. The van der Waals surface area contributed by atoms with Gasteiger partial charge in [-0.3, -0.25) is 0 Å². The second kappa shape index (κ2) is 4.11. The van der Waals surface area contributed by atoms with Crippen LogP contribution in [0.4, 0.5) is 0 Å². The summed E-state index contributed by atoms with van der Waals surface area (Å²) in [4.78, 5) is 0. The highest BCUT2D eigenvalue weighted by Crippen LogP contribution is 2.22. The van der Waals surface area contributed by atoms with E-state index < -0.39 is 6.10 Å². The smallest absolute Gasteiger partial charge is 0.0901 e. The van der Waals surface area contributed by atoms with E-state index in [1.54, 1.807) is 0 Å². The number of hydrogen-bond acceptors (Lipinski definition) is 1. The van der Waals surface area contributed by atoms with Crippen LogP contribution in [0.3, 0.4) is 0 Å². The van der Waals surface area contributed by atoms with Gasteiger partial charge in [-0.1, -0.05) is 18.2 Å². The van der Waals surface area contributed by atoms with E-state index in [0.29, 0.717) is 6.42 Å². The molecular weight excluding hydrogens is 160 g/mol. The van der Waals surface area contributed by atoms with Crippen LogP contribution >= 0.6 is 0 Å². The highest BCUT2D eigenvalue weighted by atomic mass is 16.3. The number of rotatable bonds is 2. The number of terminal acetylenes is 1.